The van der Waals surface area contributed by atoms with Crippen molar-refractivity contribution in [3.8, 4) is 0 Å². The predicted molar refractivity (Wildman–Crippen MR) is 49.5 cm³/mol. The Balaban J connectivity index is 2.79. The van der Waals surface area contributed by atoms with Crippen LogP contribution < -0.4 is 0 Å². The fourth-order valence-electron chi connectivity index (χ4n) is 1.44. The van der Waals surface area contributed by atoms with Crippen LogP contribution in [0.5, 0.6) is 0 Å². The maximum Gasteiger partial charge on any atom is 0.316 e. The van der Waals surface area contributed by atoms with Gasteiger partial charge in [0.15, 0.2) is 0 Å². The van der Waals surface area contributed by atoms with E-state index < -0.39 is 19.3 Å². The number of ketones is 1. The molecule has 5 nitrogen and oxygen atoms in total. The van der Waals surface area contributed by atoms with Crippen LogP contribution in [0.3, 0.4) is 0 Å². The van der Waals surface area contributed by atoms with E-state index in [9.17, 15) is 14.2 Å². The van der Waals surface area contributed by atoms with Gasteiger partial charge in [-0.1, -0.05) is 0 Å². The molecule has 0 N–H and O–H groups in total. The van der Waals surface area contributed by atoms with E-state index in [0.29, 0.717) is 0 Å². The number of hydrogen-bond donors (Lipinski definition) is 0. The highest BCUT2D eigenvalue weighted by molar-refractivity contribution is 7.59. The van der Waals surface area contributed by atoms with E-state index in [4.69, 9.17) is 4.52 Å². The summed E-state index contributed by atoms with van der Waals surface area (Å²) in [6, 6.07) is 0. The Labute approximate surface area is 82.2 Å². The lowest BCUT2D eigenvalue weighted by molar-refractivity contribution is -0.148. The lowest BCUT2D eigenvalue weighted by Crippen LogP contribution is -2.33. The number of carbonyl (C=O) groups excluding carboxylic acids is 2. The van der Waals surface area contributed by atoms with Gasteiger partial charge >= 0.3 is 5.97 Å². The number of esters is 1. The molecule has 14 heavy (non-hydrogen) atoms. The van der Waals surface area contributed by atoms with Gasteiger partial charge in [-0.15, -0.1) is 0 Å². The van der Waals surface area contributed by atoms with Gasteiger partial charge in [0, 0.05) is 25.9 Å². The van der Waals surface area contributed by atoms with Crippen LogP contribution in [0.1, 0.15) is 6.42 Å². The number of ether oxygens (including phenoxy) is 1. The molecule has 0 spiro atoms. The SMILES string of the molecule is COC(=O)[C@@H]1C[P@](=O)(OC)CCC1=O. The van der Waals surface area contributed by atoms with Crippen LogP contribution in [0.4, 0.5) is 0 Å². The van der Waals surface area contributed by atoms with Crippen LogP contribution >= 0.6 is 7.37 Å². The van der Waals surface area contributed by atoms with E-state index >= 15 is 0 Å². The molecule has 2 atom stereocenters. The molecule has 0 aliphatic carbocycles. The molecule has 1 aliphatic heterocycles. The quantitative estimate of drug-likeness (QED) is 0.388. The number of Topliss-reactive ketones (excluding diaryl/α,β-unsaturated/α-hetero) is 1. The zero-order valence-corrected chi connectivity index (χ0v) is 9.08. The molecule has 1 rings (SSSR count). The van der Waals surface area contributed by atoms with E-state index in [2.05, 4.69) is 4.74 Å². The van der Waals surface area contributed by atoms with Gasteiger partial charge in [-0.2, -0.15) is 0 Å². The van der Waals surface area contributed by atoms with Crippen molar-refractivity contribution >= 4 is 19.1 Å². The Bertz CT molecular complexity index is 290. The van der Waals surface area contributed by atoms with Gasteiger partial charge in [-0.05, 0) is 0 Å². The van der Waals surface area contributed by atoms with Crippen molar-refractivity contribution in [1.29, 1.82) is 0 Å². The van der Waals surface area contributed by atoms with Crippen molar-refractivity contribution in [3.05, 3.63) is 0 Å². The summed E-state index contributed by atoms with van der Waals surface area (Å²) in [6.07, 6.45) is 0.343. The van der Waals surface area contributed by atoms with Crippen molar-refractivity contribution in [2.45, 2.75) is 6.42 Å². The summed E-state index contributed by atoms with van der Waals surface area (Å²) in [5.74, 6) is -1.73. The topological polar surface area (TPSA) is 69.7 Å². The molecular formula is C8H13O5P. The lowest BCUT2D eigenvalue weighted by Gasteiger charge is -2.25. The molecule has 0 aromatic heterocycles. The Morgan fingerprint density at radius 3 is 2.64 bits per heavy atom. The highest BCUT2D eigenvalue weighted by atomic mass is 31.2. The molecule has 6 heteroatoms. The molecular weight excluding hydrogens is 207 g/mol. The van der Waals surface area contributed by atoms with Crippen LogP contribution in [0.2, 0.25) is 0 Å². The van der Waals surface area contributed by atoms with E-state index in [1.54, 1.807) is 0 Å². The summed E-state index contributed by atoms with van der Waals surface area (Å²) in [5.41, 5.74) is 0. The first-order valence-electron chi connectivity index (χ1n) is 4.27. The zero-order valence-electron chi connectivity index (χ0n) is 8.19. The summed E-state index contributed by atoms with van der Waals surface area (Å²) in [4.78, 5) is 22.5. The van der Waals surface area contributed by atoms with Gasteiger partial charge in [-0.25, -0.2) is 0 Å². The number of carbonyl (C=O) groups is 2. The van der Waals surface area contributed by atoms with Crippen molar-refractivity contribution < 1.29 is 23.4 Å². The second-order valence-electron chi connectivity index (χ2n) is 3.20. The molecule has 1 heterocycles. The average molecular weight is 220 g/mol. The Hall–Kier alpha value is -0.670. The first kappa shape index (κ1) is 11.4. The van der Waals surface area contributed by atoms with Gasteiger partial charge in [0.1, 0.15) is 11.7 Å². The van der Waals surface area contributed by atoms with E-state index in [1.165, 1.54) is 14.2 Å². The summed E-state index contributed by atoms with van der Waals surface area (Å²) in [7, 11) is -0.228. The van der Waals surface area contributed by atoms with Crippen LogP contribution in [0, 0.1) is 5.92 Å². The monoisotopic (exact) mass is 220 g/mol. The minimum absolute atomic E-state index is 0.0188. The highest BCUT2D eigenvalue weighted by Crippen LogP contribution is 2.51. The largest absolute Gasteiger partial charge is 0.468 e. The lowest BCUT2D eigenvalue weighted by atomic mass is 10.0. The molecule has 0 amide bonds. The normalized spacial score (nSPS) is 32.7. The van der Waals surface area contributed by atoms with Crippen LogP contribution in [0.25, 0.3) is 0 Å². The van der Waals surface area contributed by atoms with Crippen molar-refractivity contribution in [3.63, 3.8) is 0 Å². The Kier molecular flexibility index (Phi) is 3.45. The summed E-state index contributed by atoms with van der Waals surface area (Å²) in [6.45, 7) is 0. The highest BCUT2D eigenvalue weighted by Gasteiger charge is 2.40. The molecule has 1 aliphatic rings. The molecule has 80 valence electrons. The minimum Gasteiger partial charge on any atom is -0.468 e. The van der Waals surface area contributed by atoms with E-state index in [0.717, 1.165) is 0 Å². The van der Waals surface area contributed by atoms with Gasteiger partial charge in [-0.3, -0.25) is 14.2 Å². The molecule has 0 saturated carbocycles. The van der Waals surface area contributed by atoms with Crippen LogP contribution in [0.15, 0.2) is 0 Å². The molecule has 0 unspecified atom stereocenters. The standard InChI is InChI=1S/C8H13O5P/c1-12-8(10)6-5-14(11,13-2)4-3-7(6)9/h6H,3-5H2,1-2H3/t6-,14-/m1/s1. The maximum absolute atomic E-state index is 11.8. The van der Waals surface area contributed by atoms with E-state index in [-0.39, 0.29) is 24.5 Å². The molecule has 0 bridgehead atoms. The Morgan fingerprint density at radius 1 is 1.50 bits per heavy atom. The van der Waals surface area contributed by atoms with E-state index in [1.807, 2.05) is 0 Å². The molecule has 0 radical (unpaired) electrons. The number of methoxy groups -OCH3 is 1. The summed E-state index contributed by atoms with van der Waals surface area (Å²) < 4.78 is 21.1. The second kappa shape index (κ2) is 4.24. The third-order valence-electron chi connectivity index (χ3n) is 2.37. The maximum atomic E-state index is 11.8. The minimum atomic E-state index is -2.78. The van der Waals surface area contributed by atoms with Crippen molar-refractivity contribution in [2.75, 3.05) is 26.5 Å². The summed E-state index contributed by atoms with van der Waals surface area (Å²) >= 11 is 0. The molecule has 1 saturated heterocycles. The predicted octanol–water partition coefficient (Wildman–Crippen LogP) is 0.673. The fourth-order valence-corrected chi connectivity index (χ4v) is 3.42. The third-order valence-corrected chi connectivity index (χ3v) is 4.86. The van der Waals surface area contributed by atoms with Crippen LogP contribution in [-0.4, -0.2) is 38.3 Å². The third kappa shape index (κ3) is 2.22. The first-order chi connectivity index (χ1) is 6.52. The van der Waals surface area contributed by atoms with Gasteiger partial charge in [0.2, 0.25) is 7.37 Å². The van der Waals surface area contributed by atoms with Crippen molar-refractivity contribution in [1.82, 2.24) is 0 Å². The van der Waals surface area contributed by atoms with Crippen LogP contribution in [-0.2, 0) is 23.4 Å². The second-order valence-corrected chi connectivity index (χ2v) is 6.00. The smallest absolute Gasteiger partial charge is 0.316 e. The number of rotatable bonds is 2. The van der Waals surface area contributed by atoms with Gasteiger partial charge < -0.3 is 9.26 Å². The fraction of sp³-hybridized carbons (Fsp3) is 0.750. The molecule has 1 fully saturated rings. The van der Waals surface area contributed by atoms with Crippen molar-refractivity contribution in [2.24, 2.45) is 5.92 Å². The summed E-state index contributed by atoms with van der Waals surface area (Å²) in [5, 5.41) is 0. The van der Waals surface area contributed by atoms with Gasteiger partial charge in [0.05, 0.1) is 7.11 Å². The average Bonchev–Trinajstić information content (AvgIpc) is 2.21. The molecule has 0 aromatic carbocycles. The first-order valence-corrected chi connectivity index (χ1v) is 6.26. The molecule has 0 aromatic rings. The number of hydrogen-bond acceptors (Lipinski definition) is 5. The zero-order chi connectivity index (χ0) is 10.8. The Morgan fingerprint density at radius 2 is 2.14 bits per heavy atom. The van der Waals surface area contributed by atoms with Gasteiger partial charge in [0.25, 0.3) is 0 Å².